The minimum Gasteiger partial charge on any atom is -0.323 e. The molecule has 2 aromatic rings. The summed E-state index contributed by atoms with van der Waals surface area (Å²) in [5.41, 5.74) is 2.93. The first-order valence-corrected chi connectivity index (χ1v) is 8.32. The third-order valence-corrected chi connectivity index (χ3v) is 4.48. The first-order valence-electron chi connectivity index (χ1n) is 8.32. The van der Waals surface area contributed by atoms with Crippen LogP contribution in [0.3, 0.4) is 0 Å². The van der Waals surface area contributed by atoms with Crippen molar-refractivity contribution in [2.75, 3.05) is 5.32 Å². The summed E-state index contributed by atoms with van der Waals surface area (Å²) in [6, 6.07) is 11.2. The van der Waals surface area contributed by atoms with Gasteiger partial charge in [-0.25, -0.2) is 0 Å². The lowest BCUT2D eigenvalue weighted by atomic mass is 10.1. The predicted molar refractivity (Wildman–Crippen MR) is 94.6 cm³/mol. The number of carbonyl (C=O) groups is 1. The van der Waals surface area contributed by atoms with Gasteiger partial charge >= 0.3 is 6.18 Å². The average Bonchev–Trinajstić information content (AvgIpc) is 3.01. The Morgan fingerprint density at radius 3 is 2.77 bits per heavy atom. The fourth-order valence-electron chi connectivity index (χ4n) is 3.20. The molecule has 0 aromatic heterocycles. The molecule has 26 heavy (non-hydrogen) atoms. The number of anilines is 1. The molecule has 1 atom stereocenters. The van der Waals surface area contributed by atoms with Crippen LogP contribution >= 0.6 is 0 Å². The molecule has 136 valence electrons. The summed E-state index contributed by atoms with van der Waals surface area (Å²) in [5, 5.41) is 6.06. The Morgan fingerprint density at radius 2 is 2.04 bits per heavy atom. The second-order valence-corrected chi connectivity index (χ2v) is 6.28. The molecule has 0 aliphatic heterocycles. The van der Waals surface area contributed by atoms with Gasteiger partial charge in [0, 0.05) is 18.3 Å². The zero-order chi connectivity index (χ0) is 18.7. The van der Waals surface area contributed by atoms with Crippen molar-refractivity contribution in [1.29, 1.82) is 0 Å². The van der Waals surface area contributed by atoms with Crippen molar-refractivity contribution in [3.8, 4) is 0 Å². The Balaban J connectivity index is 1.67. The lowest BCUT2D eigenvalue weighted by Gasteiger charge is -2.15. The Morgan fingerprint density at radius 1 is 1.23 bits per heavy atom. The summed E-state index contributed by atoms with van der Waals surface area (Å²) in [6.07, 6.45) is -1.39. The molecule has 1 aliphatic rings. The fourth-order valence-corrected chi connectivity index (χ4v) is 3.20. The number of rotatable bonds is 5. The van der Waals surface area contributed by atoms with Crippen molar-refractivity contribution in [3.63, 3.8) is 0 Å². The Kier molecular flexibility index (Phi) is 5.13. The topological polar surface area (TPSA) is 41.1 Å². The van der Waals surface area contributed by atoms with Crippen molar-refractivity contribution in [2.45, 2.75) is 31.6 Å². The molecule has 0 fully saturated rings. The molecule has 0 saturated carbocycles. The van der Waals surface area contributed by atoms with Gasteiger partial charge in [-0.05, 0) is 53.8 Å². The van der Waals surface area contributed by atoms with E-state index in [0.29, 0.717) is 17.8 Å². The Hall–Kier alpha value is -2.60. The number of aryl methyl sites for hydroxylation is 1. The van der Waals surface area contributed by atoms with Gasteiger partial charge in [0.2, 0.25) is 5.91 Å². The molecule has 2 N–H and O–H groups in total. The van der Waals surface area contributed by atoms with Crippen LogP contribution in [-0.4, -0.2) is 5.91 Å². The first-order chi connectivity index (χ1) is 12.4. The molecule has 0 radical (unpaired) electrons. The largest absolute Gasteiger partial charge is 0.416 e. The molecule has 3 nitrogen and oxygen atoms in total. The van der Waals surface area contributed by atoms with Crippen molar-refractivity contribution >= 4 is 11.6 Å². The van der Waals surface area contributed by atoms with Crippen molar-refractivity contribution < 1.29 is 18.0 Å². The van der Waals surface area contributed by atoms with Crippen LogP contribution in [0, 0.1) is 0 Å². The molecular formula is C20H19F3N2O. The van der Waals surface area contributed by atoms with Gasteiger partial charge in [0.25, 0.3) is 0 Å². The maximum atomic E-state index is 12.8. The Bertz CT molecular complexity index is 830. The first kappa shape index (κ1) is 18.2. The number of fused-ring (bicyclic) bond motifs is 1. The molecule has 0 spiro atoms. The van der Waals surface area contributed by atoms with Crippen LogP contribution in [0.5, 0.6) is 0 Å². The van der Waals surface area contributed by atoms with Crippen LogP contribution in [0.2, 0.25) is 0 Å². The van der Waals surface area contributed by atoms with Gasteiger partial charge in [0.1, 0.15) is 0 Å². The monoisotopic (exact) mass is 360 g/mol. The van der Waals surface area contributed by atoms with Crippen LogP contribution in [0.1, 0.15) is 34.7 Å². The van der Waals surface area contributed by atoms with Crippen molar-refractivity contribution in [2.24, 2.45) is 0 Å². The van der Waals surface area contributed by atoms with E-state index in [9.17, 15) is 18.0 Å². The van der Waals surface area contributed by atoms with Gasteiger partial charge in [0.15, 0.2) is 0 Å². The summed E-state index contributed by atoms with van der Waals surface area (Å²) in [7, 11) is 0. The molecule has 1 amide bonds. The number of hydrogen-bond donors (Lipinski definition) is 2. The van der Waals surface area contributed by atoms with Gasteiger partial charge in [0.05, 0.1) is 5.56 Å². The van der Waals surface area contributed by atoms with Gasteiger partial charge < -0.3 is 10.6 Å². The molecule has 6 heteroatoms. The minimum atomic E-state index is -4.33. The van der Waals surface area contributed by atoms with Crippen LogP contribution in [0.4, 0.5) is 18.9 Å². The maximum Gasteiger partial charge on any atom is 0.416 e. The normalized spacial score (nSPS) is 16.2. The molecule has 1 aliphatic carbocycles. The SMILES string of the molecule is C=CC(=O)Nc1ccc2c(c1)CCC2NCc1cccc(C(F)(F)F)c1. The van der Waals surface area contributed by atoms with E-state index >= 15 is 0 Å². The summed E-state index contributed by atoms with van der Waals surface area (Å²) in [6.45, 7) is 3.79. The van der Waals surface area contributed by atoms with Gasteiger partial charge in [-0.2, -0.15) is 13.2 Å². The highest BCUT2D eigenvalue weighted by molar-refractivity contribution is 5.98. The third-order valence-electron chi connectivity index (χ3n) is 4.48. The highest BCUT2D eigenvalue weighted by Gasteiger charge is 2.30. The van der Waals surface area contributed by atoms with Crippen LogP contribution in [-0.2, 0) is 23.9 Å². The van der Waals surface area contributed by atoms with Gasteiger partial charge in [-0.15, -0.1) is 0 Å². The van der Waals surface area contributed by atoms with Gasteiger partial charge in [-0.1, -0.05) is 30.8 Å². The molecule has 0 heterocycles. The summed E-state index contributed by atoms with van der Waals surface area (Å²) >= 11 is 0. The zero-order valence-corrected chi connectivity index (χ0v) is 14.1. The van der Waals surface area contributed by atoms with E-state index in [0.717, 1.165) is 30.0 Å². The summed E-state index contributed by atoms with van der Waals surface area (Å²) in [5.74, 6) is -0.262. The quantitative estimate of drug-likeness (QED) is 0.765. The Labute approximate surface area is 149 Å². The average molecular weight is 360 g/mol. The maximum absolute atomic E-state index is 12.8. The minimum absolute atomic E-state index is 0.0868. The molecule has 1 unspecified atom stereocenters. The second kappa shape index (κ2) is 7.33. The lowest BCUT2D eigenvalue weighted by Crippen LogP contribution is -2.19. The highest BCUT2D eigenvalue weighted by atomic mass is 19.4. The molecule has 0 saturated heterocycles. The van der Waals surface area contributed by atoms with Crippen LogP contribution < -0.4 is 10.6 Å². The molecule has 0 bridgehead atoms. The van der Waals surface area contributed by atoms with E-state index < -0.39 is 11.7 Å². The molecule has 3 rings (SSSR count). The van der Waals surface area contributed by atoms with E-state index in [1.807, 2.05) is 18.2 Å². The van der Waals surface area contributed by atoms with E-state index in [-0.39, 0.29) is 11.9 Å². The zero-order valence-electron chi connectivity index (χ0n) is 14.1. The number of carbonyl (C=O) groups excluding carboxylic acids is 1. The summed E-state index contributed by atoms with van der Waals surface area (Å²) < 4.78 is 38.4. The number of amides is 1. The van der Waals surface area contributed by atoms with Crippen LogP contribution in [0.25, 0.3) is 0 Å². The fraction of sp³-hybridized carbons (Fsp3) is 0.250. The summed E-state index contributed by atoms with van der Waals surface area (Å²) in [4.78, 5) is 11.4. The number of nitrogens with one attached hydrogen (secondary N) is 2. The van der Waals surface area contributed by atoms with E-state index in [1.165, 1.54) is 18.2 Å². The predicted octanol–water partition coefficient (Wildman–Crippen LogP) is 4.61. The molecule has 2 aromatic carbocycles. The number of hydrogen-bond acceptors (Lipinski definition) is 2. The highest BCUT2D eigenvalue weighted by Crippen LogP contribution is 2.34. The smallest absolute Gasteiger partial charge is 0.323 e. The number of alkyl halides is 3. The lowest BCUT2D eigenvalue weighted by molar-refractivity contribution is -0.137. The van der Waals surface area contributed by atoms with Gasteiger partial charge in [-0.3, -0.25) is 4.79 Å². The van der Waals surface area contributed by atoms with E-state index in [4.69, 9.17) is 0 Å². The van der Waals surface area contributed by atoms with E-state index in [2.05, 4.69) is 17.2 Å². The van der Waals surface area contributed by atoms with E-state index in [1.54, 1.807) is 6.07 Å². The number of halogens is 3. The molecular weight excluding hydrogens is 341 g/mol. The second-order valence-electron chi connectivity index (χ2n) is 6.28. The third kappa shape index (κ3) is 4.14. The standard InChI is InChI=1S/C20H19F3N2O/c1-2-19(26)25-16-7-8-17-14(11-16)6-9-18(17)24-12-13-4-3-5-15(10-13)20(21,22)23/h2-5,7-8,10-11,18,24H,1,6,9,12H2,(H,25,26). The van der Waals surface area contributed by atoms with Crippen molar-refractivity contribution in [1.82, 2.24) is 5.32 Å². The van der Waals surface area contributed by atoms with Crippen molar-refractivity contribution in [3.05, 3.63) is 77.4 Å². The number of benzene rings is 2. The van der Waals surface area contributed by atoms with Crippen LogP contribution in [0.15, 0.2) is 55.1 Å².